The Kier molecular flexibility index (Phi) is 10.1. The van der Waals surface area contributed by atoms with Crippen LogP contribution in [0.4, 0.5) is 0 Å². The Balaban J connectivity index is 2.43. The third-order valence-corrected chi connectivity index (χ3v) is 6.45. The zero-order valence-corrected chi connectivity index (χ0v) is 22.7. The second kappa shape index (κ2) is 12.4. The molecule has 0 saturated carbocycles. The summed E-state index contributed by atoms with van der Waals surface area (Å²) in [6.45, 7) is 13.8. The summed E-state index contributed by atoms with van der Waals surface area (Å²) >= 11 is 0. The predicted octanol–water partition coefficient (Wildman–Crippen LogP) is 4.72. The third-order valence-electron chi connectivity index (χ3n) is 6.45. The van der Waals surface area contributed by atoms with Crippen LogP contribution in [0, 0.1) is 26.2 Å². The smallest absolute Gasteiger partial charge is 0.451 e. The summed E-state index contributed by atoms with van der Waals surface area (Å²) in [6, 6.07) is 8.72. The molecule has 0 unspecified atom stereocenters. The maximum absolute atomic E-state index is 13.8. The topological polar surface area (TPSA) is 110 Å². The fourth-order valence-electron chi connectivity index (χ4n) is 4.58. The van der Waals surface area contributed by atoms with Crippen molar-refractivity contribution in [1.29, 1.82) is 0 Å². The number of phenols is 1. The van der Waals surface area contributed by atoms with Crippen molar-refractivity contribution in [3.63, 3.8) is 0 Å². The van der Waals surface area contributed by atoms with Crippen LogP contribution in [0.5, 0.6) is 5.75 Å². The Morgan fingerprint density at radius 3 is 2.19 bits per heavy atom. The summed E-state index contributed by atoms with van der Waals surface area (Å²) in [5.41, 5.74) is 6.36. The van der Waals surface area contributed by atoms with Crippen molar-refractivity contribution < 1.29 is 24.7 Å². The van der Waals surface area contributed by atoms with E-state index in [1.807, 2.05) is 32.0 Å². The maximum Gasteiger partial charge on any atom is 0.451 e. The molecule has 0 aliphatic carbocycles. The second-order valence-electron chi connectivity index (χ2n) is 10.8. The summed E-state index contributed by atoms with van der Waals surface area (Å²) in [4.78, 5) is 27.2. The second-order valence-corrected chi connectivity index (χ2v) is 10.8. The summed E-state index contributed by atoms with van der Waals surface area (Å²) in [5.74, 6) is -0.740. The lowest BCUT2D eigenvalue weighted by atomic mass is 9.83. The molecule has 0 radical (unpaired) electrons. The molecule has 36 heavy (non-hydrogen) atoms. The van der Waals surface area contributed by atoms with Gasteiger partial charge in [0.25, 0.3) is 11.8 Å². The molecule has 0 saturated heterocycles. The van der Waals surface area contributed by atoms with Gasteiger partial charge in [0.05, 0.1) is 6.04 Å². The quantitative estimate of drug-likeness (QED) is 0.297. The van der Waals surface area contributed by atoms with Crippen LogP contribution >= 0.6 is 0 Å². The van der Waals surface area contributed by atoms with Crippen LogP contribution in [0.25, 0.3) is 0 Å². The van der Waals surface area contributed by atoms with Crippen LogP contribution in [0.15, 0.2) is 30.3 Å². The molecule has 196 valence electrons. The first-order valence-electron chi connectivity index (χ1n) is 12.7. The number of hydrazine groups is 1. The van der Waals surface area contributed by atoms with E-state index >= 15 is 0 Å². The molecule has 8 heteroatoms. The fourth-order valence-corrected chi connectivity index (χ4v) is 4.58. The van der Waals surface area contributed by atoms with Gasteiger partial charge in [-0.2, -0.15) is 0 Å². The summed E-state index contributed by atoms with van der Waals surface area (Å²) < 4.78 is 0. The van der Waals surface area contributed by atoms with Crippen molar-refractivity contribution in [2.45, 2.75) is 86.5 Å². The van der Waals surface area contributed by atoms with Gasteiger partial charge in [0.2, 0.25) is 0 Å². The van der Waals surface area contributed by atoms with E-state index in [0.29, 0.717) is 36.0 Å². The van der Waals surface area contributed by atoms with Gasteiger partial charge in [0.15, 0.2) is 0 Å². The molecule has 0 fully saturated rings. The van der Waals surface area contributed by atoms with Gasteiger partial charge in [-0.3, -0.25) is 15.0 Å². The minimum Gasteiger partial charge on any atom is -0.507 e. The highest BCUT2D eigenvalue weighted by molar-refractivity contribution is 6.40. The van der Waals surface area contributed by atoms with Gasteiger partial charge in [0.1, 0.15) is 5.75 Å². The molecule has 2 aromatic rings. The summed E-state index contributed by atoms with van der Waals surface area (Å²) in [5, 5.41) is 30.3. The van der Waals surface area contributed by atoms with Gasteiger partial charge in [-0.05, 0) is 69.1 Å². The van der Waals surface area contributed by atoms with Crippen LogP contribution in [0.2, 0.25) is 6.32 Å². The monoisotopic (exact) mass is 496 g/mol. The maximum atomic E-state index is 13.8. The number of amides is 2. The van der Waals surface area contributed by atoms with Gasteiger partial charge >= 0.3 is 7.12 Å². The average molecular weight is 496 g/mol. The third kappa shape index (κ3) is 7.58. The minimum absolute atomic E-state index is 0.00296. The highest BCUT2D eigenvalue weighted by Gasteiger charge is 2.35. The summed E-state index contributed by atoms with van der Waals surface area (Å²) in [6.07, 6.45) is 2.68. The lowest BCUT2D eigenvalue weighted by Crippen LogP contribution is -2.56. The largest absolute Gasteiger partial charge is 0.507 e. The highest BCUT2D eigenvalue weighted by atomic mass is 16.4. The number of hydrogen-bond donors (Lipinski definition) is 4. The number of carbonyl (C=O) groups is 2. The molecule has 0 aromatic heterocycles. The van der Waals surface area contributed by atoms with Crippen LogP contribution in [0.3, 0.4) is 0 Å². The Bertz CT molecular complexity index is 1060. The average Bonchev–Trinajstić information content (AvgIpc) is 2.76. The molecule has 1 atom stereocenters. The molecular formula is C28H41BN2O5. The number of carbonyl (C=O) groups excluding carboxylic acids is 2. The first kappa shape index (κ1) is 29.4. The molecule has 2 amide bonds. The predicted molar refractivity (Wildman–Crippen MR) is 144 cm³/mol. The minimum atomic E-state index is -1.39. The lowest BCUT2D eigenvalue weighted by molar-refractivity contribution is 0.0270. The summed E-state index contributed by atoms with van der Waals surface area (Å²) in [7, 11) is -1.39. The van der Waals surface area contributed by atoms with E-state index in [0.717, 1.165) is 17.5 Å². The Morgan fingerprint density at radius 2 is 1.67 bits per heavy atom. The van der Waals surface area contributed by atoms with Gasteiger partial charge < -0.3 is 15.2 Å². The Labute approximate surface area is 215 Å². The number of nitrogens with one attached hydrogen (secondary N) is 1. The number of aryl methyl sites for hydroxylation is 3. The molecule has 0 aliphatic rings. The fraction of sp³-hybridized carbons (Fsp3) is 0.500. The van der Waals surface area contributed by atoms with E-state index in [4.69, 9.17) is 10.0 Å². The lowest BCUT2D eigenvalue weighted by Gasteiger charge is -2.40. The van der Waals surface area contributed by atoms with Gasteiger partial charge in [-0.25, -0.2) is 5.01 Å². The number of nitrogens with zero attached hydrogens (tertiary/aromatic N) is 1. The van der Waals surface area contributed by atoms with E-state index in [1.54, 1.807) is 19.1 Å². The number of aromatic hydroxyl groups is 1. The van der Waals surface area contributed by atoms with Crippen molar-refractivity contribution in [3.05, 3.63) is 63.7 Å². The molecule has 7 nitrogen and oxygen atoms in total. The van der Waals surface area contributed by atoms with E-state index in [-0.39, 0.29) is 35.0 Å². The van der Waals surface area contributed by atoms with Crippen molar-refractivity contribution in [2.24, 2.45) is 5.41 Å². The molecule has 0 heterocycles. The zero-order valence-electron chi connectivity index (χ0n) is 22.7. The Hall–Kier alpha value is -2.84. The van der Waals surface area contributed by atoms with Crippen LogP contribution in [0.1, 0.15) is 89.9 Å². The van der Waals surface area contributed by atoms with Gasteiger partial charge in [-0.1, -0.05) is 63.8 Å². The molecule has 4 N–H and O–H groups in total. The van der Waals surface area contributed by atoms with Crippen LogP contribution < -0.4 is 5.43 Å². The van der Waals surface area contributed by atoms with E-state index < -0.39 is 13.0 Å². The van der Waals surface area contributed by atoms with Crippen LogP contribution in [-0.4, -0.2) is 45.1 Å². The van der Waals surface area contributed by atoms with E-state index in [2.05, 4.69) is 33.1 Å². The van der Waals surface area contributed by atoms with E-state index in [9.17, 15) is 14.7 Å². The van der Waals surface area contributed by atoms with Crippen molar-refractivity contribution in [3.8, 4) is 5.75 Å². The zero-order chi connectivity index (χ0) is 27.2. The highest BCUT2D eigenvalue weighted by Crippen LogP contribution is 2.30. The standard InChI is InChI=1S/C28H41BN2O5/c1-8-10-24(28(5,6)7)31(27(34)22-16-18(2)15-19(3)17-22)30-26(33)23-13-12-21(25(32)20(23)4)11-9-14-29(35)36/h12-13,15-17,24,32,35-36H,8-11,14H2,1-7H3,(H,30,33)/t24-/m1/s1. The van der Waals surface area contributed by atoms with Crippen LogP contribution in [-0.2, 0) is 6.42 Å². The first-order valence-corrected chi connectivity index (χ1v) is 12.7. The van der Waals surface area contributed by atoms with E-state index in [1.165, 1.54) is 5.01 Å². The molecular weight excluding hydrogens is 455 g/mol. The number of rotatable bonds is 9. The molecule has 0 bridgehead atoms. The van der Waals surface area contributed by atoms with Crippen molar-refractivity contribution in [1.82, 2.24) is 10.4 Å². The van der Waals surface area contributed by atoms with Crippen molar-refractivity contribution >= 4 is 18.9 Å². The first-order chi connectivity index (χ1) is 16.8. The van der Waals surface area contributed by atoms with Gasteiger partial charge in [-0.15, -0.1) is 0 Å². The number of hydrogen-bond acceptors (Lipinski definition) is 5. The molecule has 2 rings (SSSR count). The normalized spacial score (nSPS) is 12.2. The Morgan fingerprint density at radius 1 is 1.06 bits per heavy atom. The van der Waals surface area contributed by atoms with Gasteiger partial charge in [0, 0.05) is 16.7 Å². The SMILES string of the molecule is CCC[C@@H](N(NC(=O)c1ccc(CCCB(O)O)c(O)c1C)C(=O)c1cc(C)cc(C)c1)C(C)(C)C. The van der Waals surface area contributed by atoms with Crippen molar-refractivity contribution in [2.75, 3.05) is 0 Å². The molecule has 0 aliphatic heterocycles. The number of benzene rings is 2. The molecule has 0 spiro atoms. The number of phenolic OH excluding ortho intramolecular Hbond substituents is 1. The molecule has 2 aromatic carbocycles.